The monoisotopic (exact) mass is 298 g/mol. The topological polar surface area (TPSA) is 84.6 Å². The fourth-order valence-electron chi connectivity index (χ4n) is 2.52. The van der Waals surface area contributed by atoms with Gasteiger partial charge in [-0.1, -0.05) is 12.1 Å². The Bertz CT molecular complexity index is 883. The van der Waals surface area contributed by atoms with Crippen molar-refractivity contribution in [1.29, 1.82) is 0 Å². The number of hydrogen-bond donors (Lipinski definition) is 2. The van der Waals surface area contributed by atoms with Crippen LogP contribution < -0.4 is 4.74 Å². The zero-order valence-corrected chi connectivity index (χ0v) is 12.1. The van der Waals surface area contributed by atoms with Gasteiger partial charge in [0.1, 0.15) is 11.5 Å². The number of phenols is 1. The van der Waals surface area contributed by atoms with Crippen LogP contribution in [0.5, 0.6) is 11.5 Å². The highest BCUT2D eigenvalue weighted by Crippen LogP contribution is 2.38. The van der Waals surface area contributed by atoms with Crippen molar-refractivity contribution >= 4 is 16.7 Å². The van der Waals surface area contributed by atoms with Crippen LogP contribution in [0.15, 0.2) is 36.4 Å². The molecule has 0 aliphatic carbocycles. The zero-order chi connectivity index (χ0) is 15.9. The van der Waals surface area contributed by atoms with Crippen molar-refractivity contribution in [2.45, 2.75) is 0 Å². The first-order valence-electron chi connectivity index (χ1n) is 6.59. The molecule has 0 radical (unpaired) electrons. The lowest BCUT2D eigenvalue weighted by molar-refractivity contribution is 0.0689. The summed E-state index contributed by atoms with van der Waals surface area (Å²) in [6.07, 6.45) is 0. The first-order valence-corrected chi connectivity index (χ1v) is 6.59. The van der Waals surface area contributed by atoms with Gasteiger partial charge in [-0.3, -0.25) is 4.68 Å². The molecule has 1 aromatic heterocycles. The number of aromatic nitrogens is 2. The Morgan fingerprint density at radius 1 is 1.23 bits per heavy atom. The molecule has 0 unspecified atom stereocenters. The van der Waals surface area contributed by atoms with E-state index in [1.54, 1.807) is 32.4 Å². The van der Waals surface area contributed by atoms with Gasteiger partial charge in [-0.05, 0) is 24.3 Å². The van der Waals surface area contributed by atoms with Crippen LogP contribution in [0.25, 0.3) is 22.0 Å². The Morgan fingerprint density at radius 3 is 2.64 bits per heavy atom. The van der Waals surface area contributed by atoms with E-state index in [9.17, 15) is 9.90 Å². The van der Waals surface area contributed by atoms with Crippen molar-refractivity contribution in [3.8, 4) is 22.8 Å². The van der Waals surface area contributed by atoms with Gasteiger partial charge in [0.05, 0.1) is 12.8 Å². The molecule has 0 aliphatic rings. The highest BCUT2D eigenvalue weighted by Gasteiger charge is 2.17. The third-order valence-electron chi connectivity index (χ3n) is 3.59. The Kier molecular flexibility index (Phi) is 3.21. The summed E-state index contributed by atoms with van der Waals surface area (Å²) in [6.45, 7) is 0. The fraction of sp³-hybridized carbons (Fsp3) is 0.125. The third kappa shape index (κ3) is 2.05. The van der Waals surface area contributed by atoms with E-state index < -0.39 is 5.97 Å². The van der Waals surface area contributed by atoms with E-state index in [4.69, 9.17) is 9.84 Å². The highest BCUT2D eigenvalue weighted by atomic mass is 16.5. The number of phenolic OH excluding ortho intramolecular Hbond substituents is 1. The lowest BCUT2D eigenvalue weighted by Crippen LogP contribution is -1.99. The maximum Gasteiger partial charge on any atom is 0.356 e. The van der Waals surface area contributed by atoms with Crippen molar-refractivity contribution in [1.82, 2.24) is 9.78 Å². The molecule has 3 rings (SSSR count). The molecule has 0 atom stereocenters. The largest absolute Gasteiger partial charge is 0.507 e. The summed E-state index contributed by atoms with van der Waals surface area (Å²) in [5.74, 6) is -0.379. The molecule has 0 fully saturated rings. The number of carboxylic acids is 1. The number of benzene rings is 2. The van der Waals surface area contributed by atoms with Crippen LogP contribution in [0.3, 0.4) is 0 Å². The van der Waals surface area contributed by atoms with Crippen LogP contribution in [0.1, 0.15) is 10.5 Å². The molecule has 1 heterocycles. The number of aromatic carboxylic acids is 1. The number of aromatic hydroxyl groups is 1. The number of fused-ring (bicyclic) bond motifs is 1. The van der Waals surface area contributed by atoms with E-state index in [2.05, 4.69) is 5.10 Å². The van der Waals surface area contributed by atoms with E-state index >= 15 is 0 Å². The Hall–Kier alpha value is -3.02. The predicted octanol–water partition coefficient (Wildman–Crippen LogP) is 2.65. The van der Waals surface area contributed by atoms with Crippen molar-refractivity contribution in [3.05, 3.63) is 42.1 Å². The molecule has 6 heteroatoms. The van der Waals surface area contributed by atoms with Gasteiger partial charge >= 0.3 is 5.97 Å². The van der Waals surface area contributed by atoms with Crippen LogP contribution >= 0.6 is 0 Å². The van der Waals surface area contributed by atoms with Crippen LogP contribution in [0.2, 0.25) is 0 Å². The first kappa shape index (κ1) is 13.9. The minimum absolute atomic E-state index is 0.0661. The predicted molar refractivity (Wildman–Crippen MR) is 81.3 cm³/mol. The Morgan fingerprint density at radius 2 is 2.00 bits per heavy atom. The first-order chi connectivity index (χ1) is 10.5. The zero-order valence-electron chi connectivity index (χ0n) is 12.1. The molecule has 22 heavy (non-hydrogen) atoms. The van der Waals surface area contributed by atoms with Gasteiger partial charge in [0.25, 0.3) is 0 Å². The smallest absolute Gasteiger partial charge is 0.356 e. The molecule has 6 nitrogen and oxygen atoms in total. The number of hydrogen-bond acceptors (Lipinski definition) is 4. The number of ether oxygens (including phenoxy) is 1. The van der Waals surface area contributed by atoms with Gasteiger partial charge in [-0.2, -0.15) is 5.10 Å². The van der Waals surface area contributed by atoms with Crippen molar-refractivity contribution in [2.24, 2.45) is 7.05 Å². The summed E-state index contributed by atoms with van der Waals surface area (Å²) in [5.41, 5.74) is 0.977. The minimum Gasteiger partial charge on any atom is -0.507 e. The average Bonchev–Trinajstić information content (AvgIpc) is 2.89. The van der Waals surface area contributed by atoms with Gasteiger partial charge in [-0.15, -0.1) is 0 Å². The van der Waals surface area contributed by atoms with Gasteiger partial charge in [0, 0.05) is 23.4 Å². The summed E-state index contributed by atoms with van der Waals surface area (Å²) < 4.78 is 6.72. The number of carbonyl (C=O) groups is 1. The standard InChI is InChI=1S/C16H14N2O4/c1-18-13(8-12(17-18)16(20)21)11-7-6-9-10(15(11)19)4-3-5-14(9)22-2/h3-8,19H,1-2H3,(H,20,21). The molecule has 0 saturated carbocycles. The fourth-order valence-corrected chi connectivity index (χ4v) is 2.52. The summed E-state index contributed by atoms with van der Waals surface area (Å²) in [5, 5.41) is 24.9. The van der Waals surface area contributed by atoms with Crippen LogP contribution in [0, 0.1) is 0 Å². The molecule has 112 valence electrons. The molecule has 2 N–H and O–H groups in total. The molecular formula is C16H14N2O4. The second-order valence-corrected chi connectivity index (χ2v) is 4.86. The molecule has 0 saturated heterocycles. The summed E-state index contributed by atoms with van der Waals surface area (Å²) >= 11 is 0. The van der Waals surface area contributed by atoms with Crippen LogP contribution in [0.4, 0.5) is 0 Å². The quantitative estimate of drug-likeness (QED) is 0.776. The third-order valence-corrected chi connectivity index (χ3v) is 3.59. The van der Waals surface area contributed by atoms with E-state index in [-0.39, 0.29) is 11.4 Å². The average molecular weight is 298 g/mol. The lowest BCUT2D eigenvalue weighted by Gasteiger charge is -2.10. The van der Waals surface area contributed by atoms with Gasteiger partial charge in [0.2, 0.25) is 0 Å². The van der Waals surface area contributed by atoms with E-state index in [0.717, 1.165) is 5.39 Å². The number of aryl methyl sites for hydroxylation is 1. The highest BCUT2D eigenvalue weighted by molar-refractivity contribution is 5.98. The molecular weight excluding hydrogens is 284 g/mol. The molecule has 0 spiro atoms. The van der Waals surface area contributed by atoms with Crippen molar-refractivity contribution < 1.29 is 19.7 Å². The molecule has 0 aliphatic heterocycles. The number of nitrogens with zero attached hydrogens (tertiary/aromatic N) is 2. The molecule has 2 aromatic carbocycles. The minimum atomic E-state index is -1.11. The summed E-state index contributed by atoms with van der Waals surface area (Å²) in [6, 6.07) is 10.4. The normalized spacial score (nSPS) is 10.8. The number of rotatable bonds is 3. The SMILES string of the molecule is COc1cccc2c(O)c(-c3cc(C(=O)O)nn3C)ccc12. The lowest BCUT2D eigenvalue weighted by atomic mass is 10.0. The maximum absolute atomic E-state index is 11.0. The second-order valence-electron chi connectivity index (χ2n) is 4.86. The Labute approximate surface area is 126 Å². The van der Waals surface area contributed by atoms with Gasteiger partial charge < -0.3 is 14.9 Å². The van der Waals surface area contributed by atoms with Crippen LogP contribution in [-0.2, 0) is 7.05 Å². The Balaban J connectivity index is 2.25. The molecule has 3 aromatic rings. The van der Waals surface area contributed by atoms with Crippen molar-refractivity contribution in [3.63, 3.8) is 0 Å². The molecule has 0 bridgehead atoms. The number of methoxy groups -OCH3 is 1. The van der Waals surface area contributed by atoms with E-state index in [1.165, 1.54) is 10.7 Å². The number of carboxylic acid groups (broad SMARTS) is 1. The second kappa shape index (κ2) is 5.07. The summed E-state index contributed by atoms with van der Waals surface area (Å²) in [4.78, 5) is 11.0. The summed E-state index contributed by atoms with van der Waals surface area (Å²) in [7, 11) is 3.21. The maximum atomic E-state index is 11.0. The van der Waals surface area contributed by atoms with E-state index in [1.807, 2.05) is 12.1 Å². The molecule has 0 amide bonds. The van der Waals surface area contributed by atoms with E-state index in [0.29, 0.717) is 22.4 Å². The van der Waals surface area contributed by atoms with Gasteiger partial charge in [0.15, 0.2) is 5.69 Å². The van der Waals surface area contributed by atoms with Crippen LogP contribution in [-0.4, -0.2) is 33.1 Å². The van der Waals surface area contributed by atoms with Gasteiger partial charge in [-0.25, -0.2) is 4.79 Å². The van der Waals surface area contributed by atoms with Crippen molar-refractivity contribution in [2.75, 3.05) is 7.11 Å².